The minimum atomic E-state index is -4.59. The first kappa shape index (κ1) is 34.8. The second-order valence-corrected chi connectivity index (χ2v) is 13.0. The van der Waals surface area contributed by atoms with Gasteiger partial charge in [-0.15, -0.1) is 0 Å². The predicted octanol–water partition coefficient (Wildman–Crippen LogP) is 7.15. The largest absolute Gasteiger partial charge is 0.481 e. The number of halogens is 5. The number of benzene rings is 1. The van der Waals surface area contributed by atoms with Gasteiger partial charge >= 0.3 is 12.1 Å². The fourth-order valence-corrected chi connectivity index (χ4v) is 7.10. The lowest BCUT2D eigenvalue weighted by atomic mass is 10.1. The van der Waals surface area contributed by atoms with E-state index in [-0.39, 0.29) is 59.3 Å². The molecule has 3 aromatic rings. The van der Waals surface area contributed by atoms with E-state index in [4.69, 9.17) is 16.7 Å². The summed E-state index contributed by atoms with van der Waals surface area (Å²) < 4.78 is 56.8. The van der Waals surface area contributed by atoms with E-state index in [2.05, 4.69) is 39.0 Å². The number of aromatic nitrogens is 3. The Morgan fingerprint density at radius 1 is 1.18 bits per heavy atom. The van der Waals surface area contributed by atoms with Crippen LogP contribution in [-0.2, 0) is 17.5 Å². The van der Waals surface area contributed by atoms with E-state index in [1.807, 2.05) is 11.9 Å². The Morgan fingerprint density at radius 2 is 1.89 bits per heavy atom. The molecule has 2 aromatic heterocycles. The number of nitrogens with zero attached hydrogens (tertiary/aromatic N) is 6. The number of carbonyl (C=O) groups is 1. The van der Waals surface area contributed by atoms with Gasteiger partial charge in [0.25, 0.3) is 0 Å². The average molecular weight is 672 g/mol. The number of thiazole rings is 1. The van der Waals surface area contributed by atoms with Crippen molar-refractivity contribution in [2.24, 2.45) is 0 Å². The highest BCUT2D eigenvalue weighted by Crippen LogP contribution is 2.40. The van der Waals surface area contributed by atoms with E-state index in [0.717, 1.165) is 29.9 Å². The van der Waals surface area contributed by atoms with Crippen LogP contribution in [0.15, 0.2) is 24.5 Å². The minimum absolute atomic E-state index is 0. The SMILES string of the molecule is C.C[C@@H]1CC[C@@H](C)N1Cc1sc(Nc2ncnc(N3CC[C@H](N(C)CCC(=O)O)C3)c2F)nc1-c1cc(Cl)cc(C(F)(F)F)c1. The Labute approximate surface area is 269 Å². The molecule has 0 unspecified atom stereocenters. The number of anilines is 3. The van der Waals surface area contributed by atoms with Gasteiger partial charge in [0, 0.05) is 59.8 Å². The van der Waals surface area contributed by atoms with Crippen molar-refractivity contribution in [2.75, 3.05) is 36.9 Å². The summed E-state index contributed by atoms with van der Waals surface area (Å²) in [6.45, 7) is 6.09. The maximum atomic E-state index is 15.8. The zero-order chi connectivity index (χ0) is 31.8. The van der Waals surface area contributed by atoms with Crippen molar-refractivity contribution in [1.29, 1.82) is 0 Å². The van der Waals surface area contributed by atoms with Gasteiger partial charge < -0.3 is 20.2 Å². The first-order valence-electron chi connectivity index (χ1n) is 14.4. The monoisotopic (exact) mass is 671 g/mol. The molecule has 0 aliphatic carbocycles. The molecule has 0 amide bonds. The summed E-state index contributed by atoms with van der Waals surface area (Å²) in [5.41, 5.74) is -0.304. The van der Waals surface area contributed by atoms with Crippen LogP contribution in [0.4, 0.5) is 34.3 Å². The van der Waals surface area contributed by atoms with E-state index in [1.165, 1.54) is 23.7 Å². The Hall–Kier alpha value is -3.07. The number of alkyl halides is 3. The molecule has 15 heteroatoms. The van der Waals surface area contributed by atoms with Crippen LogP contribution in [0, 0.1) is 5.82 Å². The molecule has 246 valence electrons. The Bertz CT molecular complexity index is 1500. The number of rotatable bonds is 10. The summed E-state index contributed by atoms with van der Waals surface area (Å²) in [6.07, 6.45) is -0.584. The van der Waals surface area contributed by atoms with Crippen LogP contribution in [0.1, 0.15) is 57.4 Å². The number of likely N-dealkylation sites (tertiary alicyclic amines) is 1. The molecule has 5 rings (SSSR count). The highest BCUT2D eigenvalue weighted by atomic mass is 35.5. The fraction of sp³-hybridized carbons (Fsp3) is 0.533. The normalized spacial score (nSPS) is 20.6. The molecule has 3 atom stereocenters. The van der Waals surface area contributed by atoms with Gasteiger partial charge in [0.2, 0.25) is 5.82 Å². The molecule has 2 aliphatic heterocycles. The topological polar surface area (TPSA) is 97.7 Å². The Kier molecular flexibility index (Phi) is 10.9. The van der Waals surface area contributed by atoms with Gasteiger partial charge in [-0.2, -0.15) is 17.6 Å². The lowest BCUT2D eigenvalue weighted by molar-refractivity contribution is -0.138. The van der Waals surface area contributed by atoms with Crippen LogP contribution in [0.25, 0.3) is 11.3 Å². The summed E-state index contributed by atoms with van der Waals surface area (Å²) >= 11 is 7.36. The molecule has 2 fully saturated rings. The van der Waals surface area contributed by atoms with Crippen LogP contribution in [0.5, 0.6) is 0 Å². The molecule has 9 nitrogen and oxygen atoms in total. The van der Waals surface area contributed by atoms with Gasteiger partial charge in [-0.3, -0.25) is 9.69 Å². The maximum absolute atomic E-state index is 15.8. The lowest BCUT2D eigenvalue weighted by Gasteiger charge is -2.25. The average Bonchev–Trinajstić information content (AvgIpc) is 3.68. The van der Waals surface area contributed by atoms with E-state index >= 15 is 4.39 Å². The van der Waals surface area contributed by atoms with Crippen molar-refractivity contribution in [3.05, 3.63) is 45.8 Å². The second kappa shape index (κ2) is 14.1. The predicted molar refractivity (Wildman–Crippen MR) is 169 cm³/mol. The van der Waals surface area contributed by atoms with Crippen LogP contribution in [-0.4, -0.2) is 80.6 Å². The molecule has 2 saturated heterocycles. The molecule has 0 bridgehead atoms. The number of hydrogen-bond donors (Lipinski definition) is 2. The highest BCUT2D eigenvalue weighted by molar-refractivity contribution is 7.16. The maximum Gasteiger partial charge on any atom is 0.416 e. The van der Waals surface area contributed by atoms with Crippen molar-refractivity contribution in [1.82, 2.24) is 24.8 Å². The van der Waals surface area contributed by atoms with Gasteiger partial charge in [0.15, 0.2) is 16.8 Å². The van der Waals surface area contributed by atoms with E-state index < -0.39 is 23.5 Å². The summed E-state index contributed by atoms with van der Waals surface area (Å²) in [7, 11) is 1.85. The molecule has 1 aromatic carbocycles. The van der Waals surface area contributed by atoms with E-state index in [9.17, 15) is 18.0 Å². The molecular formula is C30H38ClF4N7O2S. The zero-order valence-corrected chi connectivity index (χ0v) is 26.1. The quantitative estimate of drug-likeness (QED) is 0.218. The second-order valence-electron chi connectivity index (χ2n) is 11.5. The Morgan fingerprint density at radius 3 is 2.56 bits per heavy atom. The standard InChI is InChI=1S/C29H34ClF4N7O2S.CH4/c1-16-4-5-17(2)41(16)14-22-25(18-10-19(29(32,33)34)12-20(30)11-18)37-28(44-22)38-26-24(31)27(36-15-35-26)40-9-6-21(13-40)39(3)8-7-23(42)43;/h10-12,15-17,21H,4-9,13-14H2,1-3H3,(H,42,43)(H,35,36,37,38);1H4/t16-,17-,21+;/m1./s1. The van der Waals surface area contributed by atoms with Gasteiger partial charge in [0.1, 0.15) is 6.33 Å². The lowest BCUT2D eigenvalue weighted by Crippen LogP contribution is -2.36. The first-order valence-corrected chi connectivity index (χ1v) is 15.6. The Balaban J connectivity index is 0.00000461. The van der Waals surface area contributed by atoms with Crippen molar-refractivity contribution in [3.8, 4) is 11.3 Å². The van der Waals surface area contributed by atoms with Crippen molar-refractivity contribution < 1.29 is 27.5 Å². The molecule has 0 radical (unpaired) electrons. The van der Waals surface area contributed by atoms with Crippen LogP contribution in [0.3, 0.4) is 0 Å². The van der Waals surface area contributed by atoms with Crippen molar-refractivity contribution in [2.45, 2.75) is 77.8 Å². The van der Waals surface area contributed by atoms with Gasteiger partial charge in [-0.25, -0.2) is 15.0 Å². The molecule has 45 heavy (non-hydrogen) atoms. The number of nitrogens with one attached hydrogen (secondary N) is 1. The van der Waals surface area contributed by atoms with Gasteiger partial charge in [-0.05, 0) is 58.4 Å². The summed E-state index contributed by atoms with van der Waals surface area (Å²) in [4.78, 5) is 30.6. The molecule has 2 aliphatic rings. The molecule has 2 N–H and O–H groups in total. The molecular weight excluding hydrogens is 634 g/mol. The zero-order valence-electron chi connectivity index (χ0n) is 24.5. The van der Waals surface area contributed by atoms with Gasteiger partial charge in [-0.1, -0.05) is 30.4 Å². The third-order valence-electron chi connectivity index (χ3n) is 8.42. The number of carboxylic acids is 1. The molecule has 0 saturated carbocycles. The van der Waals surface area contributed by atoms with Gasteiger partial charge in [0.05, 0.1) is 17.7 Å². The van der Waals surface area contributed by atoms with E-state index in [1.54, 1.807) is 4.90 Å². The summed E-state index contributed by atoms with van der Waals surface area (Å²) in [5, 5.41) is 12.2. The minimum Gasteiger partial charge on any atom is -0.481 e. The third-order valence-corrected chi connectivity index (χ3v) is 9.59. The summed E-state index contributed by atoms with van der Waals surface area (Å²) in [5.74, 6) is -1.55. The first-order chi connectivity index (χ1) is 20.8. The van der Waals surface area contributed by atoms with Crippen molar-refractivity contribution in [3.63, 3.8) is 0 Å². The number of carboxylic acid groups (broad SMARTS) is 1. The molecule has 4 heterocycles. The van der Waals surface area contributed by atoms with Crippen LogP contribution in [0.2, 0.25) is 5.02 Å². The smallest absolute Gasteiger partial charge is 0.416 e. The fourth-order valence-electron chi connectivity index (χ4n) is 5.87. The molecule has 0 spiro atoms. The number of aliphatic carboxylic acids is 1. The third kappa shape index (κ3) is 8.02. The number of hydrogen-bond acceptors (Lipinski definition) is 9. The van der Waals surface area contributed by atoms with Crippen LogP contribution >= 0.6 is 22.9 Å². The van der Waals surface area contributed by atoms with Crippen LogP contribution < -0.4 is 10.2 Å². The highest BCUT2D eigenvalue weighted by Gasteiger charge is 2.34. The van der Waals surface area contributed by atoms with Crippen molar-refractivity contribution >= 4 is 45.7 Å². The number of likely N-dealkylation sites (N-methyl/N-ethyl adjacent to an activating group) is 1. The summed E-state index contributed by atoms with van der Waals surface area (Å²) in [6, 6.07) is 3.99. The van der Waals surface area contributed by atoms with E-state index in [0.29, 0.717) is 38.3 Å².